The highest BCUT2D eigenvalue weighted by atomic mass is 32.2. The average molecular weight is 463 g/mol. The maximum Gasteiger partial charge on any atom is 0.293 e. The van der Waals surface area contributed by atoms with Gasteiger partial charge in [-0.2, -0.15) is 0 Å². The second-order valence-corrected chi connectivity index (χ2v) is 9.50. The first-order chi connectivity index (χ1) is 15.0. The molecule has 0 fully saturated rings. The van der Waals surface area contributed by atoms with Crippen LogP contribution in [0, 0.1) is 16.0 Å². The van der Waals surface area contributed by atoms with Gasteiger partial charge in [0.25, 0.3) is 11.6 Å². The molecule has 2 rings (SSSR count). The first kappa shape index (κ1) is 24.8. The van der Waals surface area contributed by atoms with Gasteiger partial charge in [0.2, 0.25) is 5.91 Å². The topological polar surface area (TPSA) is 148 Å². The molecule has 2 aromatic carbocycles. The Bertz CT molecular complexity index is 1090. The second-order valence-electron chi connectivity index (χ2n) is 7.49. The number of amides is 2. The molecule has 0 saturated heterocycles. The molecular weight excluding hydrogens is 436 g/mol. The SMILES string of the molecule is CC(C)[C@H](NC(=O)c1ccccc1)C(=O)NCCNc1ccc(S(C)(=O)=O)cc1[N+](=O)[O-]. The van der Waals surface area contributed by atoms with E-state index in [0.717, 1.165) is 12.3 Å². The van der Waals surface area contributed by atoms with Crippen LogP contribution >= 0.6 is 0 Å². The Morgan fingerprint density at radius 1 is 1.06 bits per heavy atom. The van der Waals surface area contributed by atoms with Crippen LogP contribution in [0.2, 0.25) is 0 Å². The normalized spacial score (nSPS) is 12.1. The highest BCUT2D eigenvalue weighted by Gasteiger charge is 2.24. The van der Waals surface area contributed by atoms with Crippen LogP contribution in [-0.2, 0) is 14.6 Å². The summed E-state index contributed by atoms with van der Waals surface area (Å²) in [5.74, 6) is -0.910. The van der Waals surface area contributed by atoms with Crippen LogP contribution in [0.4, 0.5) is 11.4 Å². The molecule has 2 amide bonds. The van der Waals surface area contributed by atoms with Gasteiger partial charge in [0, 0.05) is 31.0 Å². The molecule has 10 nitrogen and oxygen atoms in total. The Labute approximate surface area is 186 Å². The van der Waals surface area contributed by atoms with E-state index in [4.69, 9.17) is 0 Å². The van der Waals surface area contributed by atoms with E-state index in [-0.39, 0.29) is 47.1 Å². The smallest absolute Gasteiger partial charge is 0.293 e. The highest BCUT2D eigenvalue weighted by molar-refractivity contribution is 7.90. The van der Waals surface area contributed by atoms with Gasteiger partial charge < -0.3 is 16.0 Å². The fourth-order valence-electron chi connectivity index (χ4n) is 2.88. The van der Waals surface area contributed by atoms with Gasteiger partial charge in [0.15, 0.2) is 9.84 Å². The van der Waals surface area contributed by atoms with Crippen molar-refractivity contribution >= 4 is 33.0 Å². The summed E-state index contributed by atoms with van der Waals surface area (Å²) in [7, 11) is -3.58. The van der Waals surface area contributed by atoms with E-state index in [2.05, 4.69) is 16.0 Å². The molecule has 0 aromatic heterocycles. The van der Waals surface area contributed by atoms with Crippen molar-refractivity contribution in [3.05, 3.63) is 64.2 Å². The van der Waals surface area contributed by atoms with Crippen molar-refractivity contribution in [2.45, 2.75) is 24.8 Å². The summed E-state index contributed by atoms with van der Waals surface area (Å²) >= 11 is 0. The van der Waals surface area contributed by atoms with Gasteiger partial charge in [-0.15, -0.1) is 0 Å². The van der Waals surface area contributed by atoms with Crippen LogP contribution in [0.15, 0.2) is 53.4 Å². The molecule has 172 valence electrons. The number of nitrogens with zero attached hydrogens (tertiary/aromatic N) is 1. The van der Waals surface area contributed by atoms with Gasteiger partial charge in [-0.05, 0) is 30.2 Å². The lowest BCUT2D eigenvalue weighted by Crippen LogP contribution is -2.50. The number of hydrogen-bond acceptors (Lipinski definition) is 7. The monoisotopic (exact) mass is 462 g/mol. The third-order valence-corrected chi connectivity index (χ3v) is 5.72. The van der Waals surface area contributed by atoms with Crippen LogP contribution in [0.1, 0.15) is 24.2 Å². The predicted octanol–water partition coefficient (Wildman–Crippen LogP) is 1.98. The Morgan fingerprint density at radius 2 is 1.72 bits per heavy atom. The summed E-state index contributed by atoms with van der Waals surface area (Å²) in [6.45, 7) is 3.90. The van der Waals surface area contributed by atoms with Crippen LogP contribution < -0.4 is 16.0 Å². The van der Waals surface area contributed by atoms with Crippen molar-refractivity contribution < 1.29 is 22.9 Å². The summed E-state index contributed by atoms with van der Waals surface area (Å²) in [5, 5.41) is 19.5. The number of rotatable bonds is 10. The Hall–Kier alpha value is -3.47. The highest BCUT2D eigenvalue weighted by Crippen LogP contribution is 2.27. The molecule has 0 saturated carbocycles. The average Bonchev–Trinajstić information content (AvgIpc) is 2.74. The number of carbonyl (C=O) groups excluding carboxylic acids is 2. The molecule has 0 radical (unpaired) electrons. The number of nitro benzene ring substituents is 1. The van der Waals surface area contributed by atoms with Gasteiger partial charge in [-0.1, -0.05) is 32.0 Å². The third kappa shape index (κ3) is 6.77. The van der Waals surface area contributed by atoms with E-state index in [1.807, 2.05) is 0 Å². The Kier molecular flexibility index (Phi) is 8.30. The van der Waals surface area contributed by atoms with Gasteiger partial charge >= 0.3 is 0 Å². The standard InChI is InChI=1S/C21H26N4O6S/c1-14(2)19(24-20(26)15-7-5-4-6-8-15)21(27)23-12-11-22-17-10-9-16(32(3,30)31)13-18(17)25(28)29/h4-10,13-14,19,22H,11-12H2,1-3H3,(H,23,27)(H,24,26)/t19-/m0/s1. The van der Waals surface area contributed by atoms with Crippen molar-refractivity contribution in [1.29, 1.82) is 0 Å². The Balaban J connectivity index is 1.96. The molecular formula is C21H26N4O6S. The number of hydrogen-bond donors (Lipinski definition) is 3. The summed E-state index contributed by atoms with van der Waals surface area (Å²) in [4.78, 5) is 35.4. The van der Waals surface area contributed by atoms with Crippen molar-refractivity contribution in [3.63, 3.8) is 0 Å². The molecule has 0 heterocycles. The van der Waals surface area contributed by atoms with E-state index in [9.17, 15) is 28.1 Å². The van der Waals surface area contributed by atoms with Crippen molar-refractivity contribution in [1.82, 2.24) is 10.6 Å². The molecule has 0 aliphatic rings. The predicted molar refractivity (Wildman–Crippen MR) is 120 cm³/mol. The molecule has 32 heavy (non-hydrogen) atoms. The summed E-state index contributed by atoms with van der Waals surface area (Å²) in [6, 6.07) is 11.4. The van der Waals surface area contributed by atoms with Crippen LogP contribution in [0.5, 0.6) is 0 Å². The molecule has 0 aliphatic carbocycles. The molecule has 0 unspecified atom stereocenters. The van der Waals surface area contributed by atoms with Crippen molar-refractivity contribution in [3.8, 4) is 0 Å². The third-order valence-electron chi connectivity index (χ3n) is 4.61. The minimum Gasteiger partial charge on any atom is -0.378 e. The van der Waals surface area contributed by atoms with Gasteiger partial charge in [-0.25, -0.2) is 8.42 Å². The quantitative estimate of drug-likeness (QED) is 0.278. The number of nitrogens with one attached hydrogen (secondary N) is 3. The zero-order valence-corrected chi connectivity index (χ0v) is 18.8. The summed E-state index contributed by atoms with van der Waals surface area (Å²) in [6.07, 6.45) is 0.969. The van der Waals surface area contributed by atoms with Crippen LogP contribution in [0.25, 0.3) is 0 Å². The molecule has 0 spiro atoms. The maximum absolute atomic E-state index is 12.6. The second kappa shape index (κ2) is 10.7. The summed E-state index contributed by atoms with van der Waals surface area (Å²) < 4.78 is 23.2. The van der Waals surface area contributed by atoms with E-state index >= 15 is 0 Å². The minimum absolute atomic E-state index is 0.133. The number of sulfone groups is 1. The van der Waals surface area contributed by atoms with Crippen molar-refractivity contribution in [2.75, 3.05) is 24.7 Å². The fraction of sp³-hybridized carbons (Fsp3) is 0.333. The fourth-order valence-corrected chi connectivity index (χ4v) is 3.53. The van der Waals surface area contributed by atoms with Crippen molar-refractivity contribution in [2.24, 2.45) is 5.92 Å². The molecule has 3 N–H and O–H groups in total. The minimum atomic E-state index is -3.58. The zero-order valence-electron chi connectivity index (χ0n) is 18.0. The molecule has 0 bridgehead atoms. The largest absolute Gasteiger partial charge is 0.378 e. The lowest BCUT2D eigenvalue weighted by molar-refractivity contribution is -0.384. The first-order valence-electron chi connectivity index (χ1n) is 9.86. The van der Waals surface area contributed by atoms with Crippen LogP contribution in [-0.4, -0.2) is 50.5 Å². The lowest BCUT2D eigenvalue weighted by atomic mass is 10.0. The number of nitro groups is 1. The van der Waals surface area contributed by atoms with E-state index in [1.54, 1.807) is 44.2 Å². The van der Waals surface area contributed by atoms with Gasteiger partial charge in [-0.3, -0.25) is 19.7 Å². The Morgan fingerprint density at radius 3 is 2.28 bits per heavy atom. The molecule has 0 aliphatic heterocycles. The summed E-state index contributed by atoms with van der Waals surface area (Å²) in [5.41, 5.74) is 0.196. The zero-order chi connectivity index (χ0) is 23.9. The van der Waals surface area contributed by atoms with Gasteiger partial charge in [0.1, 0.15) is 11.7 Å². The van der Waals surface area contributed by atoms with E-state index in [1.165, 1.54) is 12.1 Å². The van der Waals surface area contributed by atoms with E-state index in [0.29, 0.717) is 5.56 Å². The molecule has 2 aromatic rings. The molecule has 1 atom stereocenters. The number of anilines is 1. The number of carbonyl (C=O) groups is 2. The van der Waals surface area contributed by atoms with Crippen LogP contribution in [0.3, 0.4) is 0 Å². The van der Waals surface area contributed by atoms with Gasteiger partial charge in [0.05, 0.1) is 9.82 Å². The maximum atomic E-state index is 12.6. The molecule has 11 heteroatoms. The lowest BCUT2D eigenvalue weighted by Gasteiger charge is -2.22. The number of benzene rings is 2. The first-order valence-corrected chi connectivity index (χ1v) is 11.8. The van der Waals surface area contributed by atoms with E-state index < -0.39 is 20.8 Å².